The second-order valence-corrected chi connectivity index (χ2v) is 13.5. The SMILES string of the molecule is CN=CN=C(N)c1ccc(N2CCN(C(=O)CN3CC[C@]4(CCN(c5ccc(C)c(C(=N)c6ccc(OC(C)C)nc6)n5)C4=O)C3)CC2)cc1. The van der Waals surface area contributed by atoms with E-state index in [1.54, 1.807) is 24.2 Å². The van der Waals surface area contributed by atoms with Crippen molar-refractivity contribution in [3.8, 4) is 5.88 Å². The Labute approximate surface area is 293 Å². The maximum absolute atomic E-state index is 14.0. The number of rotatable bonds is 10. The molecule has 1 aromatic carbocycles. The molecule has 3 aliphatic heterocycles. The molecule has 0 bridgehead atoms. The molecule has 6 rings (SSSR count). The first-order chi connectivity index (χ1) is 24.1. The van der Waals surface area contributed by atoms with Crippen molar-refractivity contribution in [2.45, 2.75) is 39.7 Å². The Hall–Kier alpha value is -5.17. The Morgan fingerprint density at radius 2 is 1.74 bits per heavy atom. The summed E-state index contributed by atoms with van der Waals surface area (Å²) in [5.41, 5.74) is 9.64. The standard InChI is InChI=1S/C37H46N10O3/c1-25(2)50-31-12-8-28(21-41-31)33(38)34-26(3)5-11-30(43-34)47-16-14-37(36(47)49)13-15-44(23-37)22-32(48)46-19-17-45(18-20-46)29-9-6-27(7-10-29)35(39)42-24-40-4/h5-12,21,24-25,38H,13-20,22-23H2,1-4H3,(H2,39,40,42)/t37-/m0/s1. The van der Waals surface area contributed by atoms with Crippen molar-refractivity contribution in [2.24, 2.45) is 21.1 Å². The topological polar surface area (TPSA) is 157 Å². The van der Waals surface area contributed by atoms with Crippen molar-refractivity contribution in [3.63, 3.8) is 0 Å². The van der Waals surface area contributed by atoms with Crippen LogP contribution in [0.25, 0.3) is 0 Å². The van der Waals surface area contributed by atoms with Gasteiger partial charge in [-0.05, 0) is 82.1 Å². The molecule has 3 aliphatic rings. The number of likely N-dealkylation sites (tertiary alicyclic amines) is 1. The van der Waals surface area contributed by atoms with Gasteiger partial charge in [-0.2, -0.15) is 0 Å². The Kier molecular flexibility index (Phi) is 10.2. The molecule has 5 heterocycles. The number of ether oxygens (including phenoxy) is 1. The quantitative estimate of drug-likeness (QED) is 0.245. The number of piperazine rings is 1. The van der Waals surface area contributed by atoms with Crippen molar-refractivity contribution in [1.82, 2.24) is 19.8 Å². The number of nitrogens with one attached hydrogen (secondary N) is 1. The number of carbonyl (C=O) groups excluding carboxylic acids is 2. The molecule has 3 saturated heterocycles. The van der Waals surface area contributed by atoms with E-state index in [9.17, 15) is 9.59 Å². The van der Waals surface area contributed by atoms with Crippen LogP contribution in [0.3, 0.4) is 0 Å². The predicted molar refractivity (Wildman–Crippen MR) is 196 cm³/mol. The summed E-state index contributed by atoms with van der Waals surface area (Å²) in [5.74, 6) is 1.62. The molecular weight excluding hydrogens is 632 g/mol. The highest BCUT2D eigenvalue weighted by Crippen LogP contribution is 2.42. The maximum Gasteiger partial charge on any atom is 0.236 e. The minimum Gasteiger partial charge on any atom is -0.475 e. The van der Waals surface area contributed by atoms with Crippen LogP contribution >= 0.6 is 0 Å². The maximum atomic E-state index is 14.0. The van der Waals surface area contributed by atoms with Crippen LogP contribution in [0.15, 0.2) is 64.7 Å². The van der Waals surface area contributed by atoms with Gasteiger partial charge in [0.15, 0.2) is 0 Å². The van der Waals surface area contributed by atoms with Crippen LogP contribution in [-0.2, 0) is 9.59 Å². The molecule has 262 valence electrons. The van der Waals surface area contributed by atoms with Gasteiger partial charge in [-0.3, -0.25) is 29.8 Å². The number of aromatic nitrogens is 2. The normalized spacial score (nSPS) is 20.1. The monoisotopic (exact) mass is 678 g/mol. The molecule has 3 fully saturated rings. The molecule has 50 heavy (non-hydrogen) atoms. The van der Waals surface area contributed by atoms with Gasteiger partial charge >= 0.3 is 0 Å². The van der Waals surface area contributed by atoms with Gasteiger partial charge in [0.1, 0.15) is 18.0 Å². The third-order valence-corrected chi connectivity index (χ3v) is 9.75. The van der Waals surface area contributed by atoms with Crippen LogP contribution in [0.2, 0.25) is 0 Å². The highest BCUT2D eigenvalue weighted by atomic mass is 16.5. The zero-order valence-corrected chi connectivity index (χ0v) is 29.3. The highest BCUT2D eigenvalue weighted by Gasteiger charge is 2.51. The van der Waals surface area contributed by atoms with E-state index in [4.69, 9.17) is 20.9 Å². The van der Waals surface area contributed by atoms with Gasteiger partial charge in [-0.1, -0.05) is 6.07 Å². The Bertz CT molecular complexity index is 1780. The molecule has 13 nitrogen and oxygen atoms in total. The molecule has 1 spiro atoms. The number of anilines is 2. The van der Waals surface area contributed by atoms with Crippen molar-refractivity contribution in [2.75, 3.05) is 69.2 Å². The first-order valence-electron chi connectivity index (χ1n) is 17.2. The van der Waals surface area contributed by atoms with E-state index in [1.165, 1.54) is 6.34 Å². The Morgan fingerprint density at radius 3 is 2.42 bits per heavy atom. The van der Waals surface area contributed by atoms with Crippen LogP contribution in [0.1, 0.15) is 49.1 Å². The molecule has 0 aliphatic carbocycles. The fourth-order valence-corrected chi connectivity index (χ4v) is 6.95. The number of nitrogens with zero attached hydrogens (tertiary/aromatic N) is 8. The van der Waals surface area contributed by atoms with Crippen molar-refractivity contribution in [3.05, 3.63) is 77.1 Å². The third-order valence-electron chi connectivity index (χ3n) is 9.75. The summed E-state index contributed by atoms with van der Waals surface area (Å²) in [4.78, 5) is 52.5. The number of amidine groups is 1. The van der Waals surface area contributed by atoms with Gasteiger partial charge in [0.05, 0.1) is 29.5 Å². The van der Waals surface area contributed by atoms with Crippen molar-refractivity contribution >= 4 is 41.2 Å². The molecule has 0 unspecified atom stereocenters. The second-order valence-electron chi connectivity index (χ2n) is 13.5. The summed E-state index contributed by atoms with van der Waals surface area (Å²) >= 11 is 0. The predicted octanol–water partition coefficient (Wildman–Crippen LogP) is 3.13. The van der Waals surface area contributed by atoms with Gasteiger partial charge in [0, 0.05) is 75.4 Å². The average Bonchev–Trinajstić information content (AvgIpc) is 3.68. The van der Waals surface area contributed by atoms with Crippen LogP contribution in [0, 0.1) is 17.7 Å². The minimum atomic E-state index is -0.529. The zero-order valence-electron chi connectivity index (χ0n) is 29.3. The van der Waals surface area contributed by atoms with Crippen LogP contribution in [0.4, 0.5) is 11.5 Å². The lowest BCUT2D eigenvalue weighted by molar-refractivity contribution is -0.133. The highest BCUT2D eigenvalue weighted by molar-refractivity contribution is 6.11. The average molecular weight is 679 g/mol. The van der Waals surface area contributed by atoms with Crippen molar-refractivity contribution in [1.29, 1.82) is 5.41 Å². The number of hydrogen-bond donors (Lipinski definition) is 2. The molecule has 2 aromatic heterocycles. The summed E-state index contributed by atoms with van der Waals surface area (Å²) in [5, 5.41) is 8.87. The van der Waals surface area contributed by atoms with Gasteiger partial charge in [0.2, 0.25) is 17.7 Å². The lowest BCUT2D eigenvalue weighted by atomic mass is 9.85. The Morgan fingerprint density at radius 1 is 1.02 bits per heavy atom. The summed E-state index contributed by atoms with van der Waals surface area (Å²) in [6, 6.07) is 15.3. The summed E-state index contributed by atoms with van der Waals surface area (Å²) in [6.45, 7) is 10.7. The van der Waals surface area contributed by atoms with Crippen LogP contribution in [-0.4, -0.2) is 115 Å². The smallest absolute Gasteiger partial charge is 0.236 e. The zero-order chi connectivity index (χ0) is 35.4. The molecule has 3 aromatic rings. The molecule has 2 amide bonds. The number of amides is 2. The summed E-state index contributed by atoms with van der Waals surface area (Å²) < 4.78 is 5.64. The number of nitrogens with two attached hydrogens (primary N) is 1. The third kappa shape index (κ3) is 7.37. The van der Waals surface area contributed by atoms with Gasteiger partial charge in [-0.15, -0.1) is 0 Å². The summed E-state index contributed by atoms with van der Waals surface area (Å²) in [7, 11) is 1.65. The number of pyridine rings is 2. The molecule has 1 atom stereocenters. The van der Waals surface area contributed by atoms with Gasteiger partial charge in [0.25, 0.3) is 0 Å². The number of aliphatic imine (C=N–C) groups is 2. The molecule has 13 heteroatoms. The lowest BCUT2D eigenvalue weighted by Gasteiger charge is -2.37. The second kappa shape index (κ2) is 14.8. The van der Waals surface area contributed by atoms with Crippen LogP contribution in [0.5, 0.6) is 5.88 Å². The molecule has 0 radical (unpaired) electrons. The van der Waals surface area contributed by atoms with Crippen molar-refractivity contribution < 1.29 is 14.3 Å². The fraction of sp³-hybridized carbons (Fsp3) is 0.432. The van der Waals surface area contributed by atoms with E-state index >= 15 is 0 Å². The van der Waals surface area contributed by atoms with Gasteiger partial charge in [-0.25, -0.2) is 15.0 Å². The van der Waals surface area contributed by atoms with Gasteiger partial charge < -0.3 is 20.3 Å². The fourth-order valence-electron chi connectivity index (χ4n) is 6.95. The van der Waals surface area contributed by atoms with Crippen LogP contribution < -0.4 is 20.3 Å². The van der Waals surface area contributed by atoms with E-state index in [0.717, 1.165) is 29.9 Å². The number of benzene rings is 1. The van der Waals surface area contributed by atoms with E-state index in [-0.39, 0.29) is 23.6 Å². The van der Waals surface area contributed by atoms with E-state index in [1.807, 2.05) is 68.1 Å². The first-order valence-corrected chi connectivity index (χ1v) is 17.2. The summed E-state index contributed by atoms with van der Waals surface area (Å²) in [6.07, 6.45) is 4.48. The minimum absolute atomic E-state index is 0.00760. The van der Waals surface area contributed by atoms with E-state index in [2.05, 4.69) is 24.8 Å². The molecular formula is C37H46N10O3. The largest absolute Gasteiger partial charge is 0.475 e. The molecule has 3 N–H and O–H groups in total. The number of hydrogen-bond acceptors (Lipinski definition) is 9. The van der Waals surface area contributed by atoms with E-state index < -0.39 is 5.41 Å². The first kappa shape index (κ1) is 34.7. The Balaban J connectivity index is 1.03. The molecule has 0 saturated carbocycles. The van der Waals surface area contributed by atoms with E-state index in [0.29, 0.717) is 80.9 Å². The lowest BCUT2D eigenvalue weighted by Crippen LogP contribution is -2.51. The number of aryl methyl sites for hydroxylation is 1. The number of carbonyl (C=O) groups is 2.